The molecule has 0 fully saturated rings. The second-order valence-corrected chi connectivity index (χ2v) is 5.54. The minimum absolute atomic E-state index is 0.359. The number of hydrogen-bond acceptors (Lipinski definition) is 3. The number of benzene rings is 2. The van der Waals surface area contributed by atoms with Gasteiger partial charge < -0.3 is 4.74 Å². The van der Waals surface area contributed by atoms with Gasteiger partial charge in [0.25, 0.3) is 0 Å². The Bertz CT molecular complexity index is 604. The van der Waals surface area contributed by atoms with Crippen LogP contribution in [0.1, 0.15) is 17.2 Å². The van der Waals surface area contributed by atoms with Crippen LogP contribution in [-0.2, 0) is 0 Å². The van der Waals surface area contributed by atoms with Crippen molar-refractivity contribution < 1.29 is 9.13 Å². The molecule has 0 aliphatic rings. The molecule has 1 unspecified atom stereocenters. The van der Waals surface area contributed by atoms with E-state index in [9.17, 15) is 4.39 Å². The molecular weight excluding hydrogens is 347 g/mol. The van der Waals surface area contributed by atoms with Crippen LogP contribution >= 0.6 is 27.5 Å². The molecule has 2 rings (SSSR count). The average molecular weight is 360 g/mol. The fraction of sp³-hybridized carbons (Fsp3) is 0.143. The molecule has 0 amide bonds. The van der Waals surface area contributed by atoms with Crippen LogP contribution in [-0.4, -0.2) is 7.11 Å². The van der Waals surface area contributed by atoms with E-state index >= 15 is 0 Å². The van der Waals surface area contributed by atoms with Crippen molar-refractivity contribution in [3.63, 3.8) is 0 Å². The van der Waals surface area contributed by atoms with Crippen molar-refractivity contribution in [1.82, 2.24) is 5.43 Å². The van der Waals surface area contributed by atoms with Gasteiger partial charge in [0.15, 0.2) is 0 Å². The normalized spacial score (nSPS) is 12.2. The summed E-state index contributed by atoms with van der Waals surface area (Å²) in [6.45, 7) is 0. The van der Waals surface area contributed by atoms with Gasteiger partial charge in [-0.25, -0.2) is 9.82 Å². The predicted molar refractivity (Wildman–Crippen MR) is 81.3 cm³/mol. The maximum atomic E-state index is 13.5. The summed E-state index contributed by atoms with van der Waals surface area (Å²) in [4.78, 5) is 0. The molecule has 2 aromatic rings. The SMILES string of the molecule is COc1ccc(F)cc1C(NN)c1cc(Cl)cc(Br)c1. The fourth-order valence-electron chi connectivity index (χ4n) is 2.04. The van der Waals surface area contributed by atoms with E-state index in [4.69, 9.17) is 22.2 Å². The molecule has 0 bridgehead atoms. The molecule has 0 saturated carbocycles. The molecule has 0 aliphatic heterocycles. The monoisotopic (exact) mass is 358 g/mol. The van der Waals surface area contributed by atoms with Gasteiger partial charge in [-0.1, -0.05) is 27.5 Å². The molecule has 1 atom stereocenters. The Morgan fingerprint density at radius 3 is 2.65 bits per heavy atom. The van der Waals surface area contributed by atoms with Gasteiger partial charge in [0, 0.05) is 15.1 Å². The van der Waals surface area contributed by atoms with E-state index < -0.39 is 6.04 Å². The number of methoxy groups -OCH3 is 1. The molecule has 3 N–H and O–H groups in total. The zero-order valence-corrected chi connectivity index (χ0v) is 13.0. The first-order valence-corrected chi connectivity index (χ1v) is 6.98. The van der Waals surface area contributed by atoms with E-state index in [1.807, 2.05) is 6.07 Å². The number of ether oxygens (including phenoxy) is 1. The number of nitrogens with one attached hydrogen (secondary N) is 1. The highest BCUT2D eigenvalue weighted by molar-refractivity contribution is 9.10. The van der Waals surface area contributed by atoms with E-state index in [1.165, 1.54) is 19.2 Å². The number of rotatable bonds is 4. The smallest absolute Gasteiger partial charge is 0.124 e. The van der Waals surface area contributed by atoms with Crippen LogP contribution in [0.5, 0.6) is 5.75 Å². The molecule has 0 radical (unpaired) electrons. The Hall–Kier alpha value is -1.14. The Morgan fingerprint density at radius 1 is 1.30 bits per heavy atom. The van der Waals surface area contributed by atoms with E-state index in [-0.39, 0.29) is 5.82 Å². The number of hydrazine groups is 1. The van der Waals surface area contributed by atoms with Crippen molar-refractivity contribution in [3.05, 3.63) is 62.8 Å². The quantitative estimate of drug-likeness (QED) is 0.645. The van der Waals surface area contributed by atoms with E-state index in [0.717, 1.165) is 10.0 Å². The van der Waals surface area contributed by atoms with Crippen molar-refractivity contribution in [2.75, 3.05) is 7.11 Å². The molecule has 0 aromatic heterocycles. The largest absolute Gasteiger partial charge is 0.496 e. The molecule has 0 spiro atoms. The Morgan fingerprint density at radius 2 is 2.05 bits per heavy atom. The van der Waals surface area contributed by atoms with Crippen molar-refractivity contribution in [1.29, 1.82) is 0 Å². The third-order valence-corrected chi connectivity index (χ3v) is 3.56. The molecule has 0 heterocycles. The maximum absolute atomic E-state index is 13.5. The molecular formula is C14H13BrClFN2O. The molecule has 106 valence electrons. The summed E-state index contributed by atoms with van der Waals surface area (Å²) in [5.41, 5.74) is 4.07. The van der Waals surface area contributed by atoms with Gasteiger partial charge in [0.2, 0.25) is 0 Å². The highest BCUT2D eigenvalue weighted by Crippen LogP contribution is 2.32. The average Bonchev–Trinajstić information content (AvgIpc) is 2.39. The highest BCUT2D eigenvalue weighted by Gasteiger charge is 2.18. The van der Waals surface area contributed by atoms with E-state index in [0.29, 0.717) is 16.3 Å². The van der Waals surface area contributed by atoms with Crippen LogP contribution in [0.2, 0.25) is 5.02 Å². The Kier molecular flexibility index (Phi) is 4.99. The lowest BCUT2D eigenvalue weighted by molar-refractivity contribution is 0.402. The number of nitrogens with two attached hydrogens (primary N) is 1. The van der Waals surface area contributed by atoms with Gasteiger partial charge in [-0.2, -0.15) is 0 Å². The summed E-state index contributed by atoms with van der Waals surface area (Å²) in [6.07, 6.45) is 0. The summed E-state index contributed by atoms with van der Waals surface area (Å²) < 4.78 is 19.6. The van der Waals surface area contributed by atoms with E-state index in [2.05, 4.69) is 21.4 Å². The standard InChI is InChI=1S/C14H13BrClFN2O/c1-20-13-3-2-11(17)7-12(13)14(19-18)8-4-9(15)6-10(16)5-8/h2-7,14,19H,18H2,1H3. The minimum atomic E-state index is -0.435. The summed E-state index contributed by atoms with van der Waals surface area (Å²) in [5, 5.41) is 0.560. The van der Waals surface area contributed by atoms with Crippen LogP contribution < -0.4 is 16.0 Å². The Balaban J connectivity index is 2.54. The van der Waals surface area contributed by atoms with Gasteiger partial charge in [0.1, 0.15) is 11.6 Å². The highest BCUT2D eigenvalue weighted by atomic mass is 79.9. The topological polar surface area (TPSA) is 47.3 Å². The van der Waals surface area contributed by atoms with Gasteiger partial charge in [-0.05, 0) is 42.0 Å². The predicted octanol–water partition coefficient (Wildman–Crippen LogP) is 3.80. The van der Waals surface area contributed by atoms with Gasteiger partial charge in [-0.15, -0.1) is 0 Å². The van der Waals surface area contributed by atoms with Gasteiger partial charge >= 0.3 is 0 Å². The van der Waals surface area contributed by atoms with Crippen LogP contribution in [0.15, 0.2) is 40.9 Å². The lowest BCUT2D eigenvalue weighted by Gasteiger charge is -2.20. The maximum Gasteiger partial charge on any atom is 0.124 e. The molecule has 0 aliphatic carbocycles. The molecule has 3 nitrogen and oxygen atoms in total. The molecule has 6 heteroatoms. The first-order chi connectivity index (χ1) is 9.55. The second-order valence-electron chi connectivity index (χ2n) is 4.19. The third kappa shape index (κ3) is 3.30. The summed E-state index contributed by atoms with van der Waals surface area (Å²) in [5.74, 6) is 5.81. The van der Waals surface area contributed by atoms with Crippen LogP contribution in [0.25, 0.3) is 0 Å². The lowest BCUT2D eigenvalue weighted by Crippen LogP contribution is -2.29. The lowest BCUT2D eigenvalue weighted by atomic mass is 9.98. The zero-order chi connectivity index (χ0) is 14.7. The number of halogens is 3. The van der Waals surface area contributed by atoms with Crippen molar-refractivity contribution in [2.24, 2.45) is 5.84 Å². The molecule has 2 aromatic carbocycles. The summed E-state index contributed by atoms with van der Waals surface area (Å²) >= 11 is 9.41. The third-order valence-electron chi connectivity index (χ3n) is 2.89. The summed E-state index contributed by atoms with van der Waals surface area (Å²) in [7, 11) is 1.53. The van der Waals surface area contributed by atoms with E-state index in [1.54, 1.807) is 18.2 Å². The van der Waals surface area contributed by atoms with Crippen LogP contribution in [0, 0.1) is 5.82 Å². The van der Waals surface area contributed by atoms with Crippen LogP contribution in [0.4, 0.5) is 4.39 Å². The van der Waals surface area contributed by atoms with Gasteiger partial charge in [-0.3, -0.25) is 5.84 Å². The summed E-state index contributed by atoms with van der Waals surface area (Å²) in [6, 6.07) is 9.25. The van der Waals surface area contributed by atoms with Crippen molar-refractivity contribution >= 4 is 27.5 Å². The van der Waals surface area contributed by atoms with Crippen molar-refractivity contribution in [2.45, 2.75) is 6.04 Å². The van der Waals surface area contributed by atoms with Gasteiger partial charge in [0.05, 0.1) is 13.2 Å². The minimum Gasteiger partial charge on any atom is -0.496 e. The number of hydrogen-bond donors (Lipinski definition) is 2. The van der Waals surface area contributed by atoms with Crippen LogP contribution in [0.3, 0.4) is 0 Å². The first kappa shape index (κ1) is 15.3. The second kappa shape index (κ2) is 6.54. The Labute approximate surface area is 130 Å². The molecule has 0 saturated heterocycles. The fourth-order valence-corrected chi connectivity index (χ4v) is 2.92. The van der Waals surface area contributed by atoms with Crippen molar-refractivity contribution in [3.8, 4) is 5.75 Å². The first-order valence-electron chi connectivity index (χ1n) is 5.80. The molecule has 20 heavy (non-hydrogen) atoms. The zero-order valence-electron chi connectivity index (χ0n) is 10.7.